The topological polar surface area (TPSA) is 137 Å². The van der Waals surface area contributed by atoms with Crippen LogP contribution < -0.4 is 10.6 Å². The number of hydrogen-bond acceptors (Lipinski definition) is 9. The number of hydrogen-bond donors (Lipinski definition) is 3. The lowest BCUT2D eigenvalue weighted by Crippen LogP contribution is -2.40. The van der Waals surface area contributed by atoms with Gasteiger partial charge in [0.1, 0.15) is 5.82 Å². The Morgan fingerprint density at radius 1 is 1.23 bits per heavy atom. The lowest BCUT2D eigenvalue weighted by Gasteiger charge is -2.31. The molecule has 1 atom stereocenters. The Morgan fingerprint density at radius 2 is 2.05 bits per heavy atom. The molecule has 39 heavy (non-hydrogen) atoms. The van der Waals surface area contributed by atoms with Crippen molar-refractivity contribution in [3.05, 3.63) is 47.0 Å². The van der Waals surface area contributed by atoms with Crippen LogP contribution in [0.1, 0.15) is 57.0 Å². The number of anilines is 1. The van der Waals surface area contributed by atoms with Crippen LogP contribution in [0.15, 0.2) is 30.5 Å². The Hall–Kier alpha value is -3.13. The number of nitrogens with one attached hydrogen (secondary N) is 3. The zero-order valence-electron chi connectivity index (χ0n) is 22.4. The highest BCUT2D eigenvalue weighted by atomic mass is 35.5. The third-order valence-electron chi connectivity index (χ3n) is 7.97. The van der Waals surface area contributed by atoms with Crippen LogP contribution in [0.3, 0.4) is 0 Å². The third-order valence-corrected chi connectivity index (χ3v) is 8.28. The van der Waals surface area contributed by atoms with E-state index in [1.165, 1.54) is 0 Å². The van der Waals surface area contributed by atoms with Crippen molar-refractivity contribution in [2.24, 2.45) is 11.3 Å². The minimum atomic E-state index is -0.418. The van der Waals surface area contributed by atoms with Crippen LogP contribution in [0, 0.1) is 22.7 Å². The fourth-order valence-corrected chi connectivity index (χ4v) is 5.86. The molecular formula is C28H36ClN9O. The van der Waals surface area contributed by atoms with E-state index in [1.807, 2.05) is 18.2 Å². The molecule has 1 saturated carbocycles. The molecule has 1 aliphatic heterocycles. The molecule has 5 rings (SSSR count). The summed E-state index contributed by atoms with van der Waals surface area (Å²) in [7, 11) is 0. The molecule has 206 valence electrons. The first-order valence-electron chi connectivity index (χ1n) is 13.8. The van der Waals surface area contributed by atoms with Crippen molar-refractivity contribution in [2.45, 2.75) is 70.4 Å². The number of ether oxygens (including phenoxy) is 1. The van der Waals surface area contributed by atoms with E-state index >= 15 is 0 Å². The lowest BCUT2D eigenvalue weighted by atomic mass is 9.82. The summed E-state index contributed by atoms with van der Waals surface area (Å²) in [5, 5.41) is 31.7. The zero-order valence-corrected chi connectivity index (χ0v) is 23.1. The molecule has 0 spiro atoms. The molecule has 0 bridgehead atoms. The summed E-state index contributed by atoms with van der Waals surface area (Å²) in [6.45, 7) is 3.96. The molecule has 0 radical (unpaired) electrons. The summed E-state index contributed by atoms with van der Waals surface area (Å²) in [6.07, 6.45) is 9.52. The second-order valence-electron chi connectivity index (χ2n) is 10.9. The number of tetrazole rings is 1. The average Bonchev–Trinajstić information content (AvgIpc) is 3.47. The first-order valence-corrected chi connectivity index (χ1v) is 14.2. The maximum absolute atomic E-state index is 9.75. The zero-order chi connectivity index (χ0) is 27.1. The van der Waals surface area contributed by atoms with Crippen molar-refractivity contribution in [1.82, 2.24) is 35.9 Å². The lowest BCUT2D eigenvalue weighted by molar-refractivity contribution is 0.0455. The van der Waals surface area contributed by atoms with E-state index < -0.39 is 5.41 Å². The molecule has 11 heteroatoms. The van der Waals surface area contributed by atoms with Crippen LogP contribution in [0.25, 0.3) is 11.3 Å². The minimum absolute atomic E-state index is 0.310. The highest BCUT2D eigenvalue weighted by Crippen LogP contribution is 2.32. The second kappa shape index (κ2) is 12.8. The molecule has 1 aliphatic carbocycles. The van der Waals surface area contributed by atoms with E-state index in [4.69, 9.17) is 21.3 Å². The predicted molar refractivity (Wildman–Crippen MR) is 149 cm³/mol. The van der Waals surface area contributed by atoms with E-state index in [2.05, 4.69) is 55.3 Å². The van der Waals surface area contributed by atoms with Gasteiger partial charge in [0.15, 0.2) is 5.82 Å². The summed E-state index contributed by atoms with van der Waals surface area (Å²) in [5.74, 6) is 2.08. The molecular weight excluding hydrogens is 514 g/mol. The molecule has 2 aliphatic rings. The molecule has 0 unspecified atom stereocenters. The molecule has 0 aromatic carbocycles. The molecule has 4 heterocycles. The summed E-state index contributed by atoms with van der Waals surface area (Å²) in [4.78, 5) is 9.46. The van der Waals surface area contributed by atoms with Crippen LogP contribution in [0.2, 0.25) is 5.02 Å². The van der Waals surface area contributed by atoms with Crippen molar-refractivity contribution < 1.29 is 4.74 Å². The van der Waals surface area contributed by atoms with E-state index in [9.17, 15) is 5.26 Å². The number of rotatable bonds is 10. The average molecular weight is 550 g/mol. The molecule has 2 fully saturated rings. The Morgan fingerprint density at radius 3 is 2.79 bits per heavy atom. The van der Waals surface area contributed by atoms with Gasteiger partial charge in [-0.2, -0.15) is 10.5 Å². The Balaban J connectivity index is 1.16. The number of aromatic amines is 1. The number of nitriles is 1. The second-order valence-corrected chi connectivity index (χ2v) is 11.4. The van der Waals surface area contributed by atoms with Gasteiger partial charge in [-0.05, 0) is 76.0 Å². The quantitative estimate of drug-likeness (QED) is 0.336. The van der Waals surface area contributed by atoms with Gasteiger partial charge in [-0.25, -0.2) is 4.98 Å². The van der Waals surface area contributed by atoms with Gasteiger partial charge < -0.3 is 15.4 Å². The van der Waals surface area contributed by atoms with E-state index in [0.717, 1.165) is 80.0 Å². The molecule has 3 aromatic rings. The minimum Gasteiger partial charge on any atom is -0.381 e. The summed E-state index contributed by atoms with van der Waals surface area (Å²) < 4.78 is 5.45. The predicted octanol–water partition coefficient (Wildman–Crippen LogP) is 4.36. The van der Waals surface area contributed by atoms with Gasteiger partial charge in [0.25, 0.3) is 0 Å². The van der Waals surface area contributed by atoms with Crippen LogP contribution >= 0.6 is 11.6 Å². The molecule has 10 nitrogen and oxygen atoms in total. The highest BCUT2D eigenvalue weighted by molar-refractivity contribution is 6.33. The normalized spacial score (nSPS) is 21.7. The SMILES string of the molecule is C[C@H](Cc1nn[nH]n1)NC1CCC(Cc2cc(-c3cccc(NCC4(C#N)CCOCC4)n3)c(Cl)cn2)CC1. The van der Waals surface area contributed by atoms with Gasteiger partial charge in [-0.1, -0.05) is 22.9 Å². The Labute approximate surface area is 234 Å². The summed E-state index contributed by atoms with van der Waals surface area (Å²) in [5.41, 5.74) is 2.31. The number of halogens is 1. The standard InChI is InChI=1S/C28H36ClN9O/c1-19(13-27-35-37-38-36-27)33-21-7-5-20(6-8-21)14-22-15-23(24(29)16-31-22)25-3-2-4-26(34-25)32-18-28(17-30)9-11-39-12-10-28/h2-4,15-16,19-21,33H,5-14,18H2,1H3,(H,32,34)(H,35,36,37,38)/t19-,20?,21?/m1/s1. The van der Waals surface area contributed by atoms with Gasteiger partial charge >= 0.3 is 0 Å². The van der Waals surface area contributed by atoms with Crippen LogP contribution in [-0.4, -0.2) is 62.4 Å². The van der Waals surface area contributed by atoms with E-state index in [1.54, 1.807) is 6.20 Å². The summed E-state index contributed by atoms with van der Waals surface area (Å²) >= 11 is 6.58. The monoisotopic (exact) mass is 549 g/mol. The number of nitrogens with zero attached hydrogens (tertiary/aromatic N) is 6. The van der Waals surface area contributed by atoms with Crippen LogP contribution in [-0.2, 0) is 17.6 Å². The van der Waals surface area contributed by atoms with Crippen molar-refractivity contribution in [3.63, 3.8) is 0 Å². The Kier molecular flexibility index (Phi) is 9.02. The Bertz CT molecular complexity index is 1250. The van der Waals surface area contributed by atoms with E-state index in [0.29, 0.717) is 42.8 Å². The third kappa shape index (κ3) is 7.29. The smallest absolute Gasteiger partial charge is 0.176 e. The number of aromatic nitrogens is 6. The van der Waals surface area contributed by atoms with Gasteiger partial charge in [0.2, 0.25) is 0 Å². The van der Waals surface area contributed by atoms with Gasteiger partial charge in [0.05, 0.1) is 22.2 Å². The van der Waals surface area contributed by atoms with Gasteiger partial charge in [-0.3, -0.25) is 4.98 Å². The highest BCUT2D eigenvalue weighted by Gasteiger charge is 2.32. The fourth-order valence-electron chi connectivity index (χ4n) is 5.66. The molecule has 3 N–H and O–H groups in total. The first-order chi connectivity index (χ1) is 19.0. The fraction of sp³-hybridized carbons (Fsp3) is 0.571. The van der Waals surface area contributed by atoms with Crippen molar-refractivity contribution >= 4 is 17.4 Å². The largest absolute Gasteiger partial charge is 0.381 e. The first kappa shape index (κ1) is 27.4. The number of pyridine rings is 2. The van der Waals surface area contributed by atoms with Crippen LogP contribution in [0.4, 0.5) is 5.82 Å². The summed E-state index contributed by atoms with van der Waals surface area (Å²) in [6, 6.07) is 11.3. The maximum atomic E-state index is 9.75. The van der Waals surface area contributed by atoms with Crippen molar-refractivity contribution in [1.29, 1.82) is 5.26 Å². The van der Waals surface area contributed by atoms with Crippen molar-refractivity contribution in [2.75, 3.05) is 25.1 Å². The molecule has 0 amide bonds. The molecule has 3 aromatic heterocycles. The maximum Gasteiger partial charge on any atom is 0.176 e. The van der Waals surface area contributed by atoms with Gasteiger partial charge in [0, 0.05) is 55.7 Å². The van der Waals surface area contributed by atoms with E-state index in [-0.39, 0.29) is 0 Å². The number of H-pyrrole nitrogens is 1. The van der Waals surface area contributed by atoms with Crippen LogP contribution in [0.5, 0.6) is 0 Å². The van der Waals surface area contributed by atoms with Crippen molar-refractivity contribution in [3.8, 4) is 17.3 Å². The van der Waals surface area contributed by atoms with Gasteiger partial charge in [-0.15, -0.1) is 10.2 Å². The molecule has 1 saturated heterocycles.